The third-order valence-corrected chi connectivity index (χ3v) is 7.25. The molecular formula is C32H40N4O4. The standard InChI is InChI=1S/C32H40N4O4/c1-4-33-26-17-25(18-27(20-26)36-15-9-14-31(36)38)32(39)35-29(16-23-10-6-5-7-11-23)30(37)21-34-22(2)24-12-8-13-28(19-24)40-3/h5-8,10-13,17-20,22,29-30,33-34,37H,4,9,14-16,21H2,1-3H3,(H,35,39)/t22-,29+,30+/m1/s1. The fourth-order valence-corrected chi connectivity index (χ4v) is 5.00. The van der Waals surface area contributed by atoms with Crippen LogP contribution in [0.4, 0.5) is 11.4 Å². The number of hydrogen-bond acceptors (Lipinski definition) is 6. The van der Waals surface area contributed by atoms with Gasteiger partial charge in [-0.2, -0.15) is 0 Å². The van der Waals surface area contributed by atoms with E-state index in [0.29, 0.717) is 37.2 Å². The first-order valence-corrected chi connectivity index (χ1v) is 14.0. The number of hydrogen-bond donors (Lipinski definition) is 4. The van der Waals surface area contributed by atoms with Crippen molar-refractivity contribution in [3.63, 3.8) is 0 Å². The lowest BCUT2D eigenvalue weighted by atomic mass is 9.99. The summed E-state index contributed by atoms with van der Waals surface area (Å²) in [6, 6.07) is 22.5. The fourth-order valence-electron chi connectivity index (χ4n) is 5.00. The molecule has 0 spiro atoms. The van der Waals surface area contributed by atoms with Crippen LogP contribution in [-0.4, -0.2) is 55.8 Å². The van der Waals surface area contributed by atoms with Crippen LogP contribution >= 0.6 is 0 Å². The van der Waals surface area contributed by atoms with Crippen LogP contribution in [0.15, 0.2) is 72.8 Å². The van der Waals surface area contributed by atoms with Gasteiger partial charge in [0.1, 0.15) is 5.75 Å². The lowest BCUT2D eigenvalue weighted by molar-refractivity contribution is -0.117. The van der Waals surface area contributed by atoms with Crippen molar-refractivity contribution in [2.24, 2.45) is 0 Å². The van der Waals surface area contributed by atoms with Crippen molar-refractivity contribution >= 4 is 23.2 Å². The Labute approximate surface area is 236 Å². The second-order valence-electron chi connectivity index (χ2n) is 10.2. The molecule has 0 unspecified atom stereocenters. The molecule has 0 radical (unpaired) electrons. The highest BCUT2D eigenvalue weighted by Crippen LogP contribution is 2.27. The zero-order valence-corrected chi connectivity index (χ0v) is 23.5. The summed E-state index contributed by atoms with van der Waals surface area (Å²) in [5.74, 6) is 0.540. The Bertz CT molecular complexity index is 1280. The monoisotopic (exact) mass is 544 g/mol. The number of nitrogens with zero attached hydrogens (tertiary/aromatic N) is 1. The maximum Gasteiger partial charge on any atom is 0.251 e. The van der Waals surface area contributed by atoms with Crippen LogP contribution in [0.25, 0.3) is 0 Å². The number of amides is 2. The van der Waals surface area contributed by atoms with Crippen molar-refractivity contribution in [3.05, 3.63) is 89.5 Å². The van der Waals surface area contributed by atoms with Crippen LogP contribution in [0.2, 0.25) is 0 Å². The van der Waals surface area contributed by atoms with Crippen molar-refractivity contribution < 1.29 is 19.4 Å². The normalized spacial score (nSPS) is 15.4. The van der Waals surface area contributed by atoms with Gasteiger partial charge >= 0.3 is 0 Å². The molecule has 40 heavy (non-hydrogen) atoms. The maximum atomic E-state index is 13.6. The predicted molar refractivity (Wildman–Crippen MR) is 159 cm³/mol. The fraction of sp³-hybridized carbons (Fsp3) is 0.375. The van der Waals surface area contributed by atoms with Crippen molar-refractivity contribution in [3.8, 4) is 5.75 Å². The van der Waals surface area contributed by atoms with E-state index in [1.165, 1.54) is 0 Å². The molecule has 8 nitrogen and oxygen atoms in total. The average Bonchev–Trinajstić information content (AvgIpc) is 3.41. The Balaban J connectivity index is 1.52. The molecule has 0 saturated carbocycles. The SMILES string of the molecule is CCNc1cc(C(=O)N[C@@H](Cc2ccccc2)[C@@H](O)CN[C@H](C)c2cccc(OC)c2)cc(N2CCCC2=O)c1. The van der Waals surface area contributed by atoms with Gasteiger partial charge in [-0.25, -0.2) is 0 Å². The minimum atomic E-state index is -0.853. The molecule has 0 bridgehead atoms. The molecule has 1 aliphatic rings. The van der Waals surface area contributed by atoms with E-state index < -0.39 is 12.1 Å². The van der Waals surface area contributed by atoms with Gasteiger partial charge < -0.3 is 30.7 Å². The highest BCUT2D eigenvalue weighted by molar-refractivity contribution is 6.00. The number of carbonyl (C=O) groups excluding carboxylic acids is 2. The van der Waals surface area contributed by atoms with Crippen LogP contribution < -0.4 is 25.6 Å². The molecule has 3 aromatic carbocycles. The number of benzene rings is 3. The van der Waals surface area contributed by atoms with Gasteiger partial charge in [0.05, 0.1) is 19.3 Å². The molecule has 3 atom stereocenters. The molecule has 4 N–H and O–H groups in total. The number of rotatable bonds is 13. The van der Waals surface area contributed by atoms with Crippen molar-refractivity contribution in [1.82, 2.24) is 10.6 Å². The lowest BCUT2D eigenvalue weighted by Crippen LogP contribution is -2.49. The van der Waals surface area contributed by atoms with Crippen LogP contribution in [0.3, 0.4) is 0 Å². The van der Waals surface area contributed by atoms with E-state index >= 15 is 0 Å². The molecule has 3 aromatic rings. The lowest BCUT2D eigenvalue weighted by Gasteiger charge is -2.27. The zero-order valence-electron chi connectivity index (χ0n) is 23.5. The number of aliphatic hydroxyl groups excluding tert-OH is 1. The Morgan fingerprint density at radius 2 is 1.88 bits per heavy atom. The van der Waals surface area contributed by atoms with E-state index in [2.05, 4.69) is 16.0 Å². The minimum Gasteiger partial charge on any atom is -0.497 e. The summed E-state index contributed by atoms with van der Waals surface area (Å²) in [7, 11) is 1.64. The van der Waals surface area contributed by atoms with Crippen molar-refractivity contribution in [1.29, 1.82) is 0 Å². The number of ether oxygens (including phenoxy) is 1. The van der Waals surface area contributed by atoms with Gasteiger partial charge in [-0.1, -0.05) is 42.5 Å². The van der Waals surface area contributed by atoms with Gasteiger partial charge in [-0.05, 0) is 68.1 Å². The first kappa shape index (κ1) is 29.1. The number of nitrogens with one attached hydrogen (secondary N) is 3. The largest absolute Gasteiger partial charge is 0.497 e. The summed E-state index contributed by atoms with van der Waals surface area (Å²) in [4.78, 5) is 27.7. The minimum absolute atomic E-state index is 0.0322. The molecule has 0 aromatic heterocycles. The molecule has 1 heterocycles. The number of carbonyl (C=O) groups is 2. The maximum absolute atomic E-state index is 13.6. The van der Waals surface area contributed by atoms with E-state index in [1.54, 1.807) is 24.1 Å². The van der Waals surface area contributed by atoms with E-state index in [-0.39, 0.29) is 24.4 Å². The van der Waals surface area contributed by atoms with Crippen molar-refractivity contribution in [2.45, 2.75) is 51.3 Å². The Morgan fingerprint density at radius 1 is 1.07 bits per heavy atom. The average molecular weight is 545 g/mol. The van der Waals surface area contributed by atoms with E-state index in [9.17, 15) is 14.7 Å². The first-order chi connectivity index (χ1) is 19.4. The van der Waals surface area contributed by atoms with E-state index in [1.807, 2.05) is 74.5 Å². The zero-order chi connectivity index (χ0) is 28.5. The summed E-state index contributed by atoms with van der Waals surface area (Å²) >= 11 is 0. The number of methoxy groups -OCH3 is 1. The predicted octanol–water partition coefficient (Wildman–Crippen LogP) is 4.31. The van der Waals surface area contributed by atoms with Gasteiger partial charge in [0.25, 0.3) is 5.91 Å². The smallest absolute Gasteiger partial charge is 0.251 e. The first-order valence-electron chi connectivity index (χ1n) is 14.0. The molecule has 4 rings (SSSR count). The third kappa shape index (κ3) is 7.61. The second-order valence-corrected chi connectivity index (χ2v) is 10.2. The van der Waals surface area contributed by atoms with Crippen LogP contribution in [0, 0.1) is 0 Å². The summed E-state index contributed by atoms with van der Waals surface area (Å²) in [6.45, 7) is 5.62. The van der Waals surface area contributed by atoms with Crippen LogP contribution in [-0.2, 0) is 11.2 Å². The molecule has 0 aliphatic carbocycles. The molecule has 1 saturated heterocycles. The highest BCUT2D eigenvalue weighted by atomic mass is 16.5. The Kier molecular flexibility index (Phi) is 10.2. The summed E-state index contributed by atoms with van der Waals surface area (Å²) < 4.78 is 5.34. The topological polar surface area (TPSA) is 103 Å². The molecule has 2 amide bonds. The number of aliphatic hydroxyl groups is 1. The molecule has 1 fully saturated rings. The van der Waals surface area contributed by atoms with Crippen LogP contribution in [0.5, 0.6) is 5.75 Å². The quantitative estimate of drug-likeness (QED) is 0.256. The molecular weight excluding hydrogens is 504 g/mol. The highest BCUT2D eigenvalue weighted by Gasteiger charge is 2.26. The van der Waals surface area contributed by atoms with Gasteiger partial charge in [-0.15, -0.1) is 0 Å². The van der Waals surface area contributed by atoms with E-state index in [0.717, 1.165) is 29.0 Å². The van der Waals surface area contributed by atoms with Gasteiger partial charge in [0.15, 0.2) is 0 Å². The Hall–Kier alpha value is -3.88. The number of anilines is 2. The van der Waals surface area contributed by atoms with Gasteiger partial charge in [-0.3, -0.25) is 9.59 Å². The Morgan fingerprint density at radius 3 is 2.58 bits per heavy atom. The summed E-state index contributed by atoms with van der Waals surface area (Å²) in [5, 5.41) is 21.0. The van der Waals surface area contributed by atoms with Gasteiger partial charge in [0, 0.05) is 49.0 Å². The molecule has 8 heteroatoms. The second kappa shape index (κ2) is 14.0. The van der Waals surface area contributed by atoms with E-state index in [4.69, 9.17) is 4.74 Å². The van der Waals surface area contributed by atoms with Crippen molar-refractivity contribution in [2.75, 3.05) is 37.0 Å². The van der Waals surface area contributed by atoms with Gasteiger partial charge in [0.2, 0.25) is 5.91 Å². The summed E-state index contributed by atoms with van der Waals surface area (Å²) in [5.41, 5.74) is 3.98. The molecule has 212 valence electrons. The summed E-state index contributed by atoms with van der Waals surface area (Å²) in [6.07, 6.45) is 0.930. The molecule has 1 aliphatic heterocycles. The van der Waals surface area contributed by atoms with Crippen LogP contribution in [0.1, 0.15) is 54.2 Å². The third-order valence-electron chi connectivity index (χ3n) is 7.25.